The van der Waals surface area contributed by atoms with Gasteiger partial charge in [0.15, 0.2) is 0 Å². The van der Waals surface area contributed by atoms with E-state index in [9.17, 15) is 9.90 Å². The van der Waals surface area contributed by atoms with Crippen LogP contribution in [0.2, 0.25) is 0 Å². The van der Waals surface area contributed by atoms with Gasteiger partial charge in [-0.05, 0) is 86.2 Å². The molecule has 232 valence electrons. The lowest BCUT2D eigenvalue weighted by molar-refractivity contribution is -0.147. The van der Waals surface area contributed by atoms with Crippen LogP contribution in [0.25, 0.3) is 10.9 Å². The lowest BCUT2D eigenvalue weighted by Crippen LogP contribution is -2.34. The zero-order chi connectivity index (χ0) is 31.8. The van der Waals surface area contributed by atoms with Gasteiger partial charge >= 0.3 is 5.97 Å². The second-order valence-corrected chi connectivity index (χ2v) is 12.8. The van der Waals surface area contributed by atoms with Crippen LogP contribution in [0.1, 0.15) is 72.9 Å². The van der Waals surface area contributed by atoms with Gasteiger partial charge in [-0.25, -0.2) is 5.84 Å². The molecule has 0 saturated heterocycles. The van der Waals surface area contributed by atoms with E-state index in [1.807, 2.05) is 31.3 Å². The first-order valence-electron chi connectivity index (χ1n) is 15.4. The number of anilines is 2. The van der Waals surface area contributed by atoms with Crippen molar-refractivity contribution in [1.29, 1.82) is 0 Å². The van der Waals surface area contributed by atoms with E-state index < -0.39 is 17.3 Å². The molecule has 0 aliphatic carbocycles. The highest BCUT2D eigenvalue weighted by atomic mass is 16.5. The molecule has 0 fully saturated rings. The highest BCUT2D eigenvalue weighted by molar-refractivity contribution is 5.81. The van der Waals surface area contributed by atoms with Crippen molar-refractivity contribution in [2.24, 2.45) is 11.3 Å². The third-order valence-corrected chi connectivity index (χ3v) is 9.14. The van der Waals surface area contributed by atoms with Crippen molar-refractivity contribution in [1.82, 2.24) is 9.88 Å². The van der Waals surface area contributed by atoms with Crippen LogP contribution in [0, 0.1) is 19.3 Å². The average molecular weight is 596 g/mol. The Labute approximate surface area is 260 Å². The number of hydrogen-bond donors (Lipinski definition) is 3. The van der Waals surface area contributed by atoms with Crippen LogP contribution in [-0.2, 0) is 17.9 Å². The molecule has 1 aromatic heterocycles. The molecule has 5 rings (SSSR count). The number of nitrogens with zero attached hydrogens (tertiary/aromatic N) is 3. The summed E-state index contributed by atoms with van der Waals surface area (Å²) in [6.07, 6.45) is 3.89. The number of aryl methyl sites for hydroxylation is 1. The summed E-state index contributed by atoms with van der Waals surface area (Å²) in [4.78, 5) is 19.7. The Morgan fingerprint density at radius 2 is 1.95 bits per heavy atom. The average Bonchev–Trinajstić information content (AvgIpc) is 3.13. The van der Waals surface area contributed by atoms with Gasteiger partial charge in [-0.2, -0.15) is 0 Å². The number of rotatable bonds is 9. The fourth-order valence-electron chi connectivity index (χ4n) is 6.52. The van der Waals surface area contributed by atoms with Gasteiger partial charge in [0.2, 0.25) is 0 Å². The second-order valence-electron chi connectivity index (χ2n) is 12.8. The van der Waals surface area contributed by atoms with Crippen LogP contribution in [0.4, 0.5) is 11.4 Å². The standard InChI is InChI=1S/C36H45N5O3/c1-7-9-28-21-41(20-27-17-30-24(10-8-15-39-30)18-32(27)44-28)19-26-16-25(12-11-22(26)2)33(36(4,5)35(42)43)29-13-14-31(40(6)38)34(37)23(29)3/h8,10-18,28,33H,7,9,19-21,37-38H2,1-6H3,(H,42,43). The Bertz CT molecular complexity index is 1680. The minimum atomic E-state index is -1.10. The number of pyridine rings is 1. The number of aromatic nitrogens is 1. The van der Waals surface area contributed by atoms with Crippen LogP contribution in [0.3, 0.4) is 0 Å². The van der Waals surface area contributed by atoms with Crippen molar-refractivity contribution in [2.45, 2.75) is 72.6 Å². The molecule has 2 unspecified atom stereocenters. The van der Waals surface area contributed by atoms with Crippen molar-refractivity contribution < 1.29 is 14.6 Å². The Morgan fingerprint density at radius 3 is 2.66 bits per heavy atom. The molecule has 1 aliphatic heterocycles. The number of nitrogen functional groups attached to an aromatic ring is 1. The van der Waals surface area contributed by atoms with E-state index in [-0.39, 0.29) is 6.10 Å². The largest absolute Gasteiger partial charge is 0.489 e. The summed E-state index contributed by atoms with van der Waals surface area (Å²) in [6.45, 7) is 12.1. The normalized spacial score (nSPS) is 16.2. The number of aliphatic carboxylic acids is 1. The van der Waals surface area contributed by atoms with Crippen molar-refractivity contribution in [3.8, 4) is 5.75 Å². The molecular weight excluding hydrogens is 550 g/mol. The summed E-state index contributed by atoms with van der Waals surface area (Å²) in [5, 5.41) is 13.0. The SMILES string of the molecule is CCCC1CN(Cc2cc(C(c3ccc(N(C)N)c(N)c3C)C(C)(C)C(=O)O)ccc2C)Cc2cc3ncccc3cc2O1. The lowest BCUT2D eigenvalue weighted by Gasteiger charge is -2.34. The van der Waals surface area contributed by atoms with Gasteiger partial charge in [-0.15, -0.1) is 0 Å². The summed E-state index contributed by atoms with van der Waals surface area (Å²) in [7, 11) is 1.74. The zero-order valence-corrected chi connectivity index (χ0v) is 26.7. The number of nitrogens with two attached hydrogens (primary N) is 2. The zero-order valence-electron chi connectivity index (χ0n) is 26.7. The van der Waals surface area contributed by atoms with Gasteiger partial charge in [0.25, 0.3) is 0 Å². The molecule has 2 atom stereocenters. The summed E-state index contributed by atoms with van der Waals surface area (Å²) >= 11 is 0. The molecule has 0 amide bonds. The number of carbonyl (C=O) groups is 1. The van der Waals surface area contributed by atoms with E-state index in [1.165, 1.54) is 5.01 Å². The molecule has 2 heterocycles. The molecule has 0 bridgehead atoms. The van der Waals surface area contributed by atoms with Gasteiger partial charge in [-0.1, -0.05) is 43.7 Å². The summed E-state index contributed by atoms with van der Waals surface area (Å²) in [5.41, 5.74) is 13.8. The molecular formula is C36H45N5O3. The molecule has 3 aromatic carbocycles. The molecule has 8 nitrogen and oxygen atoms in total. The topological polar surface area (TPSA) is 118 Å². The van der Waals surface area contributed by atoms with Gasteiger partial charge in [0.1, 0.15) is 11.9 Å². The molecule has 5 N–H and O–H groups in total. The highest BCUT2D eigenvalue weighted by Crippen LogP contribution is 2.45. The van der Waals surface area contributed by atoms with E-state index in [4.69, 9.17) is 16.3 Å². The monoisotopic (exact) mass is 595 g/mol. The Hall–Kier alpha value is -4.14. The Balaban J connectivity index is 1.55. The molecule has 1 aliphatic rings. The van der Waals surface area contributed by atoms with Crippen molar-refractivity contribution in [3.05, 3.63) is 94.2 Å². The van der Waals surface area contributed by atoms with Gasteiger partial charge in [0, 0.05) is 49.7 Å². The molecule has 44 heavy (non-hydrogen) atoms. The molecule has 0 saturated carbocycles. The third-order valence-electron chi connectivity index (χ3n) is 9.14. The Kier molecular flexibility index (Phi) is 8.86. The number of benzene rings is 3. The van der Waals surface area contributed by atoms with Crippen LogP contribution >= 0.6 is 0 Å². The minimum Gasteiger partial charge on any atom is -0.489 e. The van der Waals surface area contributed by atoms with Crippen molar-refractivity contribution >= 4 is 28.2 Å². The Morgan fingerprint density at radius 1 is 1.18 bits per heavy atom. The first-order valence-corrected chi connectivity index (χ1v) is 15.4. The van der Waals surface area contributed by atoms with E-state index in [0.29, 0.717) is 17.9 Å². The maximum Gasteiger partial charge on any atom is 0.310 e. The van der Waals surface area contributed by atoms with Crippen LogP contribution in [-0.4, -0.2) is 40.7 Å². The quantitative estimate of drug-likeness (QED) is 0.113. The summed E-state index contributed by atoms with van der Waals surface area (Å²) < 4.78 is 6.59. The van der Waals surface area contributed by atoms with Gasteiger partial charge in [-0.3, -0.25) is 14.7 Å². The molecule has 4 aromatic rings. The van der Waals surface area contributed by atoms with E-state index in [0.717, 1.165) is 76.0 Å². The van der Waals surface area contributed by atoms with Crippen molar-refractivity contribution in [3.63, 3.8) is 0 Å². The first kappa shape index (κ1) is 31.3. The van der Waals surface area contributed by atoms with E-state index >= 15 is 0 Å². The number of ether oxygens (including phenoxy) is 1. The van der Waals surface area contributed by atoms with Crippen molar-refractivity contribution in [2.75, 3.05) is 24.3 Å². The predicted octanol–water partition coefficient (Wildman–Crippen LogP) is 6.55. The smallest absolute Gasteiger partial charge is 0.310 e. The van der Waals surface area contributed by atoms with Crippen LogP contribution in [0.5, 0.6) is 5.75 Å². The van der Waals surface area contributed by atoms with Crippen LogP contribution < -0.4 is 21.3 Å². The van der Waals surface area contributed by atoms with Crippen LogP contribution in [0.15, 0.2) is 60.8 Å². The van der Waals surface area contributed by atoms with E-state index in [1.54, 1.807) is 20.9 Å². The number of carboxylic acid groups (broad SMARTS) is 1. The lowest BCUT2D eigenvalue weighted by atomic mass is 9.69. The number of fused-ring (bicyclic) bond motifs is 2. The van der Waals surface area contributed by atoms with Gasteiger partial charge < -0.3 is 20.6 Å². The minimum absolute atomic E-state index is 0.0716. The van der Waals surface area contributed by atoms with Gasteiger partial charge in [0.05, 0.1) is 22.3 Å². The second kappa shape index (κ2) is 12.5. The highest BCUT2D eigenvalue weighted by Gasteiger charge is 2.40. The number of carboxylic acids is 1. The number of hydrazine groups is 1. The molecule has 0 radical (unpaired) electrons. The third kappa shape index (κ3) is 6.10. The fourth-order valence-corrected chi connectivity index (χ4v) is 6.52. The van der Waals surface area contributed by atoms with E-state index in [2.05, 4.69) is 60.1 Å². The summed E-state index contributed by atoms with van der Waals surface area (Å²) in [6, 6.07) is 18.5. The molecule has 8 heteroatoms. The number of hydrogen-bond acceptors (Lipinski definition) is 7. The summed E-state index contributed by atoms with van der Waals surface area (Å²) in [5.74, 6) is 5.65. The first-order chi connectivity index (χ1) is 20.9. The molecule has 0 spiro atoms. The fraction of sp³-hybridized carbons (Fsp3) is 0.389. The maximum absolute atomic E-state index is 12.7. The predicted molar refractivity (Wildman–Crippen MR) is 178 cm³/mol. The maximum atomic E-state index is 12.7.